The lowest BCUT2D eigenvalue weighted by Crippen LogP contribution is -2.29. The molecule has 1 aliphatic heterocycles. The number of ether oxygens (including phenoxy) is 2. The highest BCUT2D eigenvalue weighted by atomic mass is 32.2. The lowest BCUT2D eigenvalue weighted by atomic mass is 9.95. The van der Waals surface area contributed by atoms with E-state index in [0.29, 0.717) is 45.9 Å². The second-order valence-corrected chi connectivity index (χ2v) is 12.0. The molecule has 3 heterocycles. The van der Waals surface area contributed by atoms with Crippen molar-refractivity contribution >= 4 is 45.7 Å². The van der Waals surface area contributed by atoms with E-state index in [4.69, 9.17) is 9.47 Å². The topological polar surface area (TPSA) is 115 Å². The molecule has 4 aromatic rings. The Labute approximate surface area is 258 Å². The van der Waals surface area contributed by atoms with E-state index in [-0.39, 0.29) is 16.5 Å². The number of ketones is 1. The monoisotopic (exact) mass is 616 g/mol. The SMILES string of the molecule is CCCCOc1ccc(C2/C(=C(\O)c3ccncc3)C(=O)C(=O)N2c2nnc(SCc3ccc(C)cc3)s2)cc1OCC. The van der Waals surface area contributed by atoms with Gasteiger partial charge in [0.15, 0.2) is 15.8 Å². The molecular formula is C32H32N4O5S2. The molecule has 0 saturated carbocycles. The molecule has 0 aliphatic carbocycles. The molecule has 1 amide bonds. The molecule has 9 nitrogen and oxygen atoms in total. The molecule has 1 unspecified atom stereocenters. The third-order valence-electron chi connectivity index (χ3n) is 6.82. The normalized spacial score (nSPS) is 16.1. The van der Waals surface area contributed by atoms with Gasteiger partial charge in [-0.3, -0.25) is 19.5 Å². The number of hydrogen-bond donors (Lipinski definition) is 1. The molecule has 0 bridgehead atoms. The zero-order valence-corrected chi connectivity index (χ0v) is 25.8. The largest absolute Gasteiger partial charge is 0.507 e. The van der Waals surface area contributed by atoms with Crippen LogP contribution >= 0.6 is 23.1 Å². The fraction of sp³-hybridized carbons (Fsp3) is 0.281. The molecule has 222 valence electrons. The number of unbranched alkanes of at least 4 members (excludes halogenated alkanes) is 1. The minimum absolute atomic E-state index is 0.0534. The number of aliphatic hydroxyl groups is 1. The summed E-state index contributed by atoms with van der Waals surface area (Å²) in [6.45, 7) is 6.92. The van der Waals surface area contributed by atoms with E-state index in [9.17, 15) is 14.7 Å². The third kappa shape index (κ3) is 6.73. The van der Waals surface area contributed by atoms with Crippen molar-refractivity contribution in [1.82, 2.24) is 15.2 Å². The quantitative estimate of drug-likeness (QED) is 0.0462. The van der Waals surface area contributed by atoms with Crippen molar-refractivity contribution in [3.8, 4) is 11.5 Å². The van der Waals surface area contributed by atoms with Crippen molar-refractivity contribution in [3.05, 3.63) is 94.8 Å². The standard InChI is InChI=1S/C32H32N4O5S2/c1-4-6-17-41-24-12-11-23(18-25(24)40-5-2)27-26(28(37)22-13-15-33-16-14-22)29(38)30(39)36(27)31-34-35-32(43-31)42-19-21-9-7-20(3)8-10-21/h7-16,18,27,37H,4-6,17,19H2,1-3H3/b28-26+. The van der Waals surface area contributed by atoms with Gasteiger partial charge in [0.25, 0.3) is 5.78 Å². The average Bonchev–Trinajstić information content (AvgIpc) is 3.59. The van der Waals surface area contributed by atoms with Crippen LogP contribution in [0.1, 0.15) is 55.0 Å². The molecular weight excluding hydrogens is 585 g/mol. The second kappa shape index (κ2) is 13.8. The number of Topliss-reactive ketones (excluding diaryl/α,β-unsaturated/α-hetero) is 1. The third-order valence-corrected chi connectivity index (χ3v) is 8.95. The molecule has 2 aromatic heterocycles. The number of pyridine rings is 1. The highest BCUT2D eigenvalue weighted by Crippen LogP contribution is 2.45. The molecule has 1 aliphatic rings. The summed E-state index contributed by atoms with van der Waals surface area (Å²) in [5, 5.41) is 20.2. The van der Waals surface area contributed by atoms with E-state index < -0.39 is 17.7 Å². The lowest BCUT2D eigenvalue weighted by molar-refractivity contribution is -0.132. The van der Waals surface area contributed by atoms with Crippen LogP contribution in [0.3, 0.4) is 0 Å². The van der Waals surface area contributed by atoms with Gasteiger partial charge in [-0.15, -0.1) is 10.2 Å². The van der Waals surface area contributed by atoms with Gasteiger partial charge in [0.1, 0.15) is 5.76 Å². The summed E-state index contributed by atoms with van der Waals surface area (Å²) in [7, 11) is 0. The van der Waals surface area contributed by atoms with Crippen LogP contribution in [0.15, 0.2) is 76.9 Å². The molecule has 5 rings (SSSR count). The zero-order chi connectivity index (χ0) is 30.3. The van der Waals surface area contributed by atoms with E-state index in [2.05, 4.69) is 46.4 Å². The number of amides is 1. The number of hydrogen-bond acceptors (Lipinski definition) is 10. The predicted molar refractivity (Wildman–Crippen MR) is 168 cm³/mol. The fourth-order valence-corrected chi connectivity index (χ4v) is 6.43. The highest BCUT2D eigenvalue weighted by Gasteiger charge is 2.48. The summed E-state index contributed by atoms with van der Waals surface area (Å²) in [6.07, 6.45) is 4.90. The van der Waals surface area contributed by atoms with Gasteiger partial charge >= 0.3 is 5.91 Å². The number of nitrogens with zero attached hydrogens (tertiary/aromatic N) is 4. The Morgan fingerprint density at radius 3 is 2.49 bits per heavy atom. The van der Waals surface area contributed by atoms with Gasteiger partial charge in [-0.1, -0.05) is 72.3 Å². The van der Waals surface area contributed by atoms with Crippen LogP contribution in [0, 0.1) is 6.92 Å². The summed E-state index contributed by atoms with van der Waals surface area (Å²) in [5.74, 6) is -0.185. The highest BCUT2D eigenvalue weighted by molar-refractivity contribution is 8.00. The Morgan fingerprint density at radius 1 is 1.00 bits per heavy atom. The zero-order valence-electron chi connectivity index (χ0n) is 24.1. The maximum Gasteiger partial charge on any atom is 0.301 e. The van der Waals surface area contributed by atoms with Crippen LogP contribution in [0.25, 0.3) is 5.76 Å². The van der Waals surface area contributed by atoms with Crippen molar-refractivity contribution < 1.29 is 24.2 Å². The molecule has 1 fully saturated rings. The molecule has 1 atom stereocenters. The Balaban J connectivity index is 1.55. The van der Waals surface area contributed by atoms with Crippen LogP contribution in [-0.2, 0) is 15.3 Å². The van der Waals surface area contributed by atoms with Crippen molar-refractivity contribution in [2.45, 2.75) is 49.7 Å². The van der Waals surface area contributed by atoms with Crippen LogP contribution in [0.4, 0.5) is 5.13 Å². The molecule has 2 aromatic carbocycles. The minimum Gasteiger partial charge on any atom is -0.507 e. The molecule has 1 saturated heterocycles. The van der Waals surface area contributed by atoms with Crippen molar-refractivity contribution in [2.24, 2.45) is 0 Å². The minimum atomic E-state index is -0.972. The Morgan fingerprint density at radius 2 is 1.77 bits per heavy atom. The predicted octanol–water partition coefficient (Wildman–Crippen LogP) is 6.74. The molecule has 1 N–H and O–H groups in total. The van der Waals surface area contributed by atoms with Gasteiger partial charge in [-0.2, -0.15) is 0 Å². The van der Waals surface area contributed by atoms with Crippen LogP contribution < -0.4 is 14.4 Å². The summed E-state index contributed by atoms with van der Waals surface area (Å²) in [4.78, 5) is 32.5. The number of aromatic nitrogens is 3. The van der Waals surface area contributed by atoms with Crippen LogP contribution in [0.2, 0.25) is 0 Å². The Hall–Kier alpha value is -4.22. The summed E-state index contributed by atoms with van der Waals surface area (Å²) in [5.41, 5.74) is 3.19. The molecule has 43 heavy (non-hydrogen) atoms. The maximum atomic E-state index is 13.6. The second-order valence-electron chi connectivity index (χ2n) is 9.87. The molecule has 0 spiro atoms. The van der Waals surface area contributed by atoms with Gasteiger partial charge in [0, 0.05) is 23.7 Å². The number of rotatable bonds is 12. The lowest BCUT2D eigenvalue weighted by Gasteiger charge is -2.23. The summed E-state index contributed by atoms with van der Waals surface area (Å²) in [6, 6.07) is 15.7. The number of anilines is 1. The van der Waals surface area contributed by atoms with Crippen LogP contribution in [0.5, 0.6) is 11.5 Å². The summed E-state index contributed by atoms with van der Waals surface area (Å²) < 4.78 is 12.5. The maximum absolute atomic E-state index is 13.6. The van der Waals surface area contributed by atoms with Gasteiger partial charge < -0.3 is 14.6 Å². The van der Waals surface area contributed by atoms with E-state index in [1.54, 1.807) is 30.3 Å². The number of benzene rings is 2. The molecule has 0 radical (unpaired) electrons. The smallest absolute Gasteiger partial charge is 0.301 e. The summed E-state index contributed by atoms with van der Waals surface area (Å²) >= 11 is 2.72. The van der Waals surface area contributed by atoms with E-state index in [1.807, 2.05) is 13.8 Å². The number of aryl methyl sites for hydroxylation is 1. The van der Waals surface area contributed by atoms with Gasteiger partial charge in [0.05, 0.1) is 24.8 Å². The Bertz CT molecular complexity index is 1620. The van der Waals surface area contributed by atoms with Gasteiger partial charge in [0.2, 0.25) is 5.13 Å². The van der Waals surface area contributed by atoms with Crippen LogP contribution in [-0.4, -0.2) is 45.2 Å². The first-order chi connectivity index (χ1) is 20.9. The number of carbonyl (C=O) groups is 2. The first-order valence-electron chi connectivity index (χ1n) is 14.0. The first kappa shape index (κ1) is 30.2. The Kier molecular flexibility index (Phi) is 9.73. The van der Waals surface area contributed by atoms with E-state index in [0.717, 1.165) is 18.4 Å². The first-order valence-corrected chi connectivity index (χ1v) is 15.8. The van der Waals surface area contributed by atoms with Gasteiger partial charge in [-0.25, -0.2) is 0 Å². The van der Waals surface area contributed by atoms with Crippen molar-refractivity contribution in [2.75, 3.05) is 18.1 Å². The number of carbonyl (C=O) groups excluding carboxylic acids is 2. The fourth-order valence-electron chi connectivity index (χ4n) is 4.61. The number of thioether (sulfide) groups is 1. The number of aliphatic hydroxyl groups excluding tert-OH is 1. The van der Waals surface area contributed by atoms with E-state index >= 15 is 0 Å². The average molecular weight is 617 g/mol. The van der Waals surface area contributed by atoms with Crippen molar-refractivity contribution in [1.29, 1.82) is 0 Å². The molecule has 11 heteroatoms. The van der Waals surface area contributed by atoms with Gasteiger partial charge in [-0.05, 0) is 55.7 Å². The van der Waals surface area contributed by atoms with E-state index in [1.165, 1.54) is 46.0 Å². The van der Waals surface area contributed by atoms with Crippen molar-refractivity contribution in [3.63, 3.8) is 0 Å².